The molecule has 0 saturated heterocycles. The van der Waals surface area contributed by atoms with E-state index < -0.39 is 17.9 Å². The van der Waals surface area contributed by atoms with Gasteiger partial charge in [-0.3, -0.25) is 0 Å². The first-order valence-electron chi connectivity index (χ1n) is 3.89. The van der Waals surface area contributed by atoms with Crippen LogP contribution >= 0.6 is 0 Å². The third kappa shape index (κ3) is 34.7. The van der Waals surface area contributed by atoms with E-state index in [9.17, 15) is 0 Å². The monoisotopic (exact) mass is 201 g/mol. The van der Waals surface area contributed by atoms with Crippen molar-refractivity contribution < 1.29 is 0 Å². The second-order valence-corrected chi connectivity index (χ2v) is 8.66. The summed E-state index contributed by atoms with van der Waals surface area (Å²) in [6, 6.07) is 0. The summed E-state index contributed by atoms with van der Waals surface area (Å²) in [5, 5.41) is 0. The molecule has 0 atom stereocenters. The molecule has 0 rings (SSSR count). The summed E-state index contributed by atoms with van der Waals surface area (Å²) >= 11 is 0. The Labute approximate surface area is 97.2 Å². The van der Waals surface area contributed by atoms with Gasteiger partial charge in [0.2, 0.25) is 0 Å². The molecule has 0 aromatic rings. The molecular weight excluding hydrogens is 179 g/mol. The second kappa shape index (κ2) is 13.9. The molecule has 0 aliphatic rings. The first-order valence-corrected chi connectivity index (χ1v) is 9.66. The van der Waals surface area contributed by atoms with Gasteiger partial charge in [-0.2, -0.15) is 0 Å². The molecule has 0 aromatic heterocycles. The molecule has 0 saturated carbocycles. The Morgan fingerprint density at radius 1 is 0.727 bits per heavy atom. The SMILES string of the molecule is CN[SiH](C)C.CN[SiH](C)C.[Na]. The van der Waals surface area contributed by atoms with Gasteiger partial charge in [-0.25, -0.2) is 0 Å². The molecule has 1 radical (unpaired) electrons. The fourth-order valence-electron chi connectivity index (χ4n) is 0. The van der Waals surface area contributed by atoms with Crippen LogP contribution in [0, 0.1) is 0 Å². The summed E-state index contributed by atoms with van der Waals surface area (Å²) in [6.07, 6.45) is 0. The summed E-state index contributed by atoms with van der Waals surface area (Å²) in [4.78, 5) is 6.33. The Morgan fingerprint density at radius 3 is 0.818 bits per heavy atom. The van der Waals surface area contributed by atoms with E-state index in [1.54, 1.807) is 0 Å². The van der Waals surface area contributed by atoms with Crippen molar-refractivity contribution in [1.29, 1.82) is 0 Å². The molecule has 2 nitrogen and oxygen atoms in total. The number of hydrogen-bond donors (Lipinski definition) is 2. The molecular formula is C6H22N2NaSi2. The largest absolute Gasteiger partial charge is 0.343 e. The average Bonchev–Trinajstić information content (AvgIpc) is 1.89. The van der Waals surface area contributed by atoms with E-state index in [0.717, 1.165) is 0 Å². The minimum Gasteiger partial charge on any atom is -0.343 e. The topological polar surface area (TPSA) is 24.1 Å². The zero-order chi connectivity index (χ0) is 8.57. The smallest absolute Gasteiger partial charge is 0.102 e. The quantitative estimate of drug-likeness (QED) is 0.615. The standard InChI is InChI=1S/2C3H11NSi.Na/c2*1-4-5(2)3;/h2*4-5H,1-3H3;. The Kier molecular flexibility index (Phi) is 23.0. The van der Waals surface area contributed by atoms with Gasteiger partial charge < -0.3 is 9.96 Å². The first-order chi connectivity index (χ1) is 4.54. The van der Waals surface area contributed by atoms with Gasteiger partial charge in [0, 0.05) is 29.6 Å². The minimum atomic E-state index is -0.400. The molecule has 0 fully saturated rings. The van der Waals surface area contributed by atoms with Crippen molar-refractivity contribution in [2.75, 3.05) is 14.1 Å². The van der Waals surface area contributed by atoms with Crippen molar-refractivity contribution in [2.45, 2.75) is 26.2 Å². The van der Waals surface area contributed by atoms with Crippen molar-refractivity contribution in [1.82, 2.24) is 9.96 Å². The second-order valence-electron chi connectivity index (χ2n) is 2.89. The van der Waals surface area contributed by atoms with E-state index in [1.807, 2.05) is 14.1 Å². The molecule has 0 aromatic carbocycles. The van der Waals surface area contributed by atoms with E-state index in [2.05, 4.69) is 36.2 Å². The Balaban J connectivity index is -0.000000107. The van der Waals surface area contributed by atoms with E-state index in [0.29, 0.717) is 0 Å². The van der Waals surface area contributed by atoms with Crippen molar-refractivity contribution in [3.63, 3.8) is 0 Å². The zero-order valence-electron chi connectivity index (χ0n) is 9.15. The Morgan fingerprint density at radius 2 is 0.818 bits per heavy atom. The third-order valence-corrected chi connectivity index (χ3v) is 3.46. The van der Waals surface area contributed by atoms with Crippen molar-refractivity contribution in [3.05, 3.63) is 0 Å². The van der Waals surface area contributed by atoms with Gasteiger partial charge in [0.25, 0.3) is 0 Å². The molecule has 11 heavy (non-hydrogen) atoms. The molecule has 0 heterocycles. The van der Waals surface area contributed by atoms with E-state index in [4.69, 9.17) is 0 Å². The van der Waals surface area contributed by atoms with Gasteiger partial charge in [-0.15, -0.1) is 0 Å². The zero-order valence-corrected chi connectivity index (χ0v) is 13.5. The maximum Gasteiger partial charge on any atom is 0.102 e. The van der Waals surface area contributed by atoms with Crippen LogP contribution < -0.4 is 9.96 Å². The van der Waals surface area contributed by atoms with Crippen LogP contribution in [0.25, 0.3) is 0 Å². The number of hydrogen-bond acceptors (Lipinski definition) is 2. The first kappa shape index (κ1) is 18.2. The van der Waals surface area contributed by atoms with Gasteiger partial charge in [-0.05, 0) is 14.1 Å². The molecule has 0 amide bonds. The van der Waals surface area contributed by atoms with E-state index in [-0.39, 0.29) is 29.6 Å². The molecule has 5 heteroatoms. The van der Waals surface area contributed by atoms with Gasteiger partial charge >= 0.3 is 0 Å². The predicted molar refractivity (Wildman–Crippen MR) is 61.6 cm³/mol. The normalized spacial score (nSPS) is 8.73. The van der Waals surface area contributed by atoms with Gasteiger partial charge in [-0.1, -0.05) is 26.2 Å². The van der Waals surface area contributed by atoms with Crippen molar-refractivity contribution >= 4 is 47.5 Å². The average molecular weight is 201 g/mol. The summed E-state index contributed by atoms with van der Waals surface area (Å²) in [5.74, 6) is 0. The van der Waals surface area contributed by atoms with Gasteiger partial charge in [0.1, 0.15) is 17.9 Å². The molecule has 0 aliphatic carbocycles. The van der Waals surface area contributed by atoms with Crippen LogP contribution in [-0.2, 0) is 0 Å². The fraction of sp³-hybridized carbons (Fsp3) is 1.00. The molecule has 0 spiro atoms. The summed E-state index contributed by atoms with van der Waals surface area (Å²) in [7, 11) is 3.22. The summed E-state index contributed by atoms with van der Waals surface area (Å²) < 4.78 is 0. The van der Waals surface area contributed by atoms with Crippen molar-refractivity contribution in [2.24, 2.45) is 0 Å². The molecule has 0 aliphatic heterocycles. The molecule has 0 bridgehead atoms. The number of nitrogens with one attached hydrogen (secondary N) is 2. The fourth-order valence-corrected chi connectivity index (χ4v) is 0. The maximum atomic E-state index is 3.17. The van der Waals surface area contributed by atoms with Crippen LogP contribution in [0.1, 0.15) is 0 Å². The Bertz CT molecular complexity index is 54.5. The van der Waals surface area contributed by atoms with Crippen LogP contribution in [0.2, 0.25) is 26.2 Å². The van der Waals surface area contributed by atoms with Crippen LogP contribution in [-0.4, -0.2) is 61.6 Å². The third-order valence-electron chi connectivity index (χ3n) is 1.15. The minimum absolute atomic E-state index is 0. The van der Waals surface area contributed by atoms with Crippen LogP contribution in [0.3, 0.4) is 0 Å². The van der Waals surface area contributed by atoms with Gasteiger partial charge in [0.05, 0.1) is 0 Å². The number of rotatable bonds is 2. The predicted octanol–water partition coefficient (Wildman–Crippen LogP) is -0.00240. The maximum absolute atomic E-state index is 3.17. The van der Waals surface area contributed by atoms with Crippen LogP contribution in [0.5, 0.6) is 0 Å². The van der Waals surface area contributed by atoms with Crippen molar-refractivity contribution in [3.8, 4) is 0 Å². The van der Waals surface area contributed by atoms with Gasteiger partial charge in [0.15, 0.2) is 0 Å². The van der Waals surface area contributed by atoms with Crippen LogP contribution in [0.15, 0.2) is 0 Å². The summed E-state index contributed by atoms with van der Waals surface area (Å²) in [5.41, 5.74) is 0. The molecule has 0 unspecified atom stereocenters. The van der Waals surface area contributed by atoms with Crippen LogP contribution in [0.4, 0.5) is 0 Å². The molecule has 65 valence electrons. The molecule has 2 N–H and O–H groups in total. The Hall–Kier alpha value is 1.35. The van der Waals surface area contributed by atoms with E-state index in [1.165, 1.54) is 0 Å². The summed E-state index contributed by atoms with van der Waals surface area (Å²) in [6.45, 7) is 9.00. The van der Waals surface area contributed by atoms with E-state index >= 15 is 0 Å².